The zero-order chi connectivity index (χ0) is 20.5. The highest BCUT2D eigenvalue weighted by molar-refractivity contribution is 6.24. The van der Waals surface area contributed by atoms with Crippen LogP contribution < -0.4 is 10.1 Å². The maximum atomic E-state index is 13.1. The van der Waals surface area contributed by atoms with Crippen LogP contribution in [-0.2, 0) is 17.9 Å². The first-order valence-corrected chi connectivity index (χ1v) is 9.32. The third kappa shape index (κ3) is 3.55. The lowest BCUT2D eigenvalue weighted by Crippen LogP contribution is -2.40. The molecule has 9 heteroatoms. The molecule has 2 aliphatic rings. The molecule has 0 fully saturated rings. The number of ether oxygens (including phenoxy) is 2. The molecule has 9 nitrogen and oxygen atoms in total. The van der Waals surface area contributed by atoms with Gasteiger partial charge in [0.15, 0.2) is 0 Å². The third-order valence-electron chi connectivity index (χ3n) is 4.86. The zero-order valence-corrected chi connectivity index (χ0v) is 15.8. The summed E-state index contributed by atoms with van der Waals surface area (Å²) < 4.78 is 12.5. The number of allylic oxidation sites excluding steroid dienone is 2. The number of benzene rings is 1. The van der Waals surface area contributed by atoms with Crippen molar-refractivity contribution in [2.75, 3.05) is 18.5 Å². The Balaban J connectivity index is 1.60. The van der Waals surface area contributed by atoms with Gasteiger partial charge in [0, 0.05) is 11.8 Å². The van der Waals surface area contributed by atoms with Gasteiger partial charge in [0.25, 0.3) is 0 Å². The van der Waals surface area contributed by atoms with Gasteiger partial charge in [-0.05, 0) is 31.2 Å². The molecule has 0 saturated carbocycles. The van der Waals surface area contributed by atoms with E-state index >= 15 is 0 Å². The second kappa shape index (κ2) is 7.78. The molecule has 1 aliphatic carbocycles. The Labute approximate surface area is 166 Å². The van der Waals surface area contributed by atoms with Crippen molar-refractivity contribution in [2.24, 2.45) is 0 Å². The van der Waals surface area contributed by atoms with E-state index in [2.05, 4.69) is 10.3 Å². The number of imidazole rings is 1. The second-order valence-corrected chi connectivity index (χ2v) is 6.77. The van der Waals surface area contributed by atoms with Gasteiger partial charge in [-0.15, -0.1) is 0 Å². The molecule has 2 aromatic rings. The van der Waals surface area contributed by atoms with Crippen LogP contribution in [0.25, 0.3) is 0 Å². The van der Waals surface area contributed by atoms with Crippen molar-refractivity contribution in [2.45, 2.75) is 32.3 Å². The van der Waals surface area contributed by atoms with Crippen molar-refractivity contribution in [3.63, 3.8) is 0 Å². The Bertz CT molecular complexity index is 979. The highest BCUT2D eigenvalue weighted by Gasteiger charge is 2.36. The molecular formula is C20H21N3O6. The average Bonchev–Trinajstić information content (AvgIpc) is 3.12. The van der Waals surface area contributed by atoms with Gasteiger partial charge in [0.2, 0.25) is 11.6 Å². The topological polar surface area (TPSA) is 123 Å². The highest BCUT2D eigenvalue weighted by atomic mass is 16.5. The Hall–Kier alpha value is -3.01. The number of carbonyl (C=O) groups excluding carboxylic acids is 2. The number of hydrogen-bond acceptors (Lipinski definition) is 8. The van der Waals surface area contributed by atoms with E-state index in [0.29, 0.717) is 23.9 Å². The minimum atomic E-state index is -1.09. The van der Waals surface area contributed by atoms with Gasteiger partial charge in [-0.1, -0.05) is 0 Å². The lowest BCUT2D eigenvalue weighted by Gasteiger charge is -2.28. The van der Waals surface area contributed by atoms with Crippen LogP contribution in [0.4, 0.5) is 5.69 Å². The van der Waals surface area contributed by atoms with Crippen LogP contribution in [0, 0.1) is 0 Å². The van der Waals surface area contributed by atoms with Crippen molar-refractivity contribution in [1.29, 1.82) is 0 Å². The van der Waals surface area contributed by atoms with Crippen LogP contribution in [0.3, 0.4) is 0 Å². The molecule has 0 radical (unpaired) electrons. The monoisotopic (exact) mass is 399 g/mol. The lowest BCUT2D eigenvalue weighted by atomic mass is 10.0. The van der Waals surface area contributed by atoms with Crippen LogP contribution in [0.15, 0.2) is 36.0 Å². The van der Waals surface area contributed by atoms with Crippen molar-refractivity contribution in [1.82, 2.24) is 9.55 Å². The first kappa shape index (κ1) is 19.3. The fourth-order valence-corrected chi connectivity index (χ4v) is 3.41. The molecule has 4 rings (SSSR count). The number of nitrogens with zero attached hydrogens (tertiary/aromatic N) is 2. The number of nitrogens with one attached hydrogen (secondary N) is 1. The number of aromatic nitrogens is 2. The zero-order valence-electron chi connectivity index (χ0n) is 15.8. The summed E-state index contributed by atoms with van der Waals surface area (Å²) in [6, 6.07) is 7.05. The van der Waals surface area contributed by atoms with Crippen molar-refractivity contribution < 1.29 is 29.3 Å². The first-order chi connectivity index (χ1) is 14.0. The summed E-state index contributed by atoms with van der Waals surface area (Å²) in [6.45, 7) is 2.14. The maximum Gasteiger partial charge on any atom is 0.228 e. The molecule has 0 amide bonds. The number of rotatable bonds is 6. The lowest BCUT2D eigenvalue weighted by molar-refractivity contribution is -0.0873. The molecule has 152 valence electrons. The quantitative estimate of drug-likeness (QED) is 0.655. The molecule has 0 unspecified atom stereocenters. The number of anilines is 1. The summed E-state index contributed by atoms with van der Waals surface area (Å²) in [5.41, 5.74) is 1.02. The number of Topliss-reactive ketones (excluding diaryl/α,β-unsaturated/α-hetero) is 1. The molecule has 29 heavy (non-hydrogen) atoms. The van der Waals surface area contributed by atoms with E-state index in [1.165, 1.54) is 6.08 Å². The molecule has 2 atom stereocenters. The SMILES string of the molecule is CCOc1ccc(NC2=CC(=O)c3nc4n(c3C2=O)C[C@@H]([C@H](O)CO)OC4)cc1. The number of carbonyl (C=O) groups is 2. The van der Waals surface area contributed by atoms with Gasteiger partial charge < -0.3 is 29.6 Å². The molecule has 3 N–H and O–H groups in total. The number of ketones is 2. The van der Waals surface area contributed by atoms with Gasteiger partial charge in [-0.2, -0.15) is 0 Å². The predicted molar refractivity (Wildman–Crippen MR) is 102 cm³/mol. The van der Waals surface area contributed by atoms with E-state index in [4.69, 9.17) is 9.47 Å². The van der Waals surface area contributed by atoms with Gasteiger partial charge in [0.05, 0.1) is 25.5 Å². The van der Waals surface area contributed by atoms with Gasteiger partial charge in [-0.25, -0.2) is 4.98 Å². The summed E-state index contributed by atoms with van der Waals surface area (Å²) in [5.74, 6) is 0.396. The normalized spacial score (nSPS) is 19.3. The van der Waals surface area contributed by atoms with E-state index in [9.17, 15) is 19.8 Å². The largest absolute Gasteiger partial charge is 0.494 e. The minimum absolute atomic E-state index is 0.0386. The van der Waals surface area contributed by atoms with Crippen LogP contribution in [0.5, 0.6) is 5.75 Å². The van der Waals surface area contributed by atoms with Crippen LogP contribution in [0.2, 0.25) is 0 Å². The molecular weight excluding hydrogens is 378 g/mol. The highest BCUT2D eigenvalue weighted by Crippen LogP contribution is 2.28. The Kier molecular flexibility index (Phi) is 5.18. The van der Waals surface area contributed by atoms with Crippen molar-refractivity contribution in [3.8, 4) is 5.75 Å². The molecule has 2 heterocycles. The van der Waals surface area contributed by atoms with Gasteiger partial charge >= 0.3 is 0 Å². The summed E-state index contributed by atoms with van der Waals surface area (Å²) in [5, 5.41) is 22.0. The Morgan fingerprint density at radius 2 is 2.10 bits per heavy atom. The molecule has 0 spiro atoms. The fourth-order valence-electron chi connectivity index (χ4n) is 3.41. The Morgan fingerprint density at radius 1 is 1.34 bits per heavy atom. The smallest absolute Gasteiger partial charge is 0.228 e. The number of hydrogen-bond donors (Lipinski definition) is 3. The van der Waals surface area contributed by atoms with Crippen LogP contribution in [-0.4, -0.2) is 56.8 Å². The minimum Gasteiger partial charge on any atom is -0.494 e. The van der Waals surface area contributed by atoms with Crippen LogP contribution >= 0.6 is 0 Å². The first-order valence-electron chi connectivity index (χ1n) is 9.32. The molecule has 0 saturated heterocycles. The van der Waals surface area contributed by atoms with E-state index in [1.807, 2.05) is 6.92 Å². The standard InChI is InChI=1S/C20H21N3O6/c1-2-28-12-5-3-11(4-6-12)21-13-7-14(25)18-19(20(13)27)23-8-16(15(26)9-24)29-10-17(23)22-18/h3-7,15-16,21,24,26H,2,8-10H2,1H3/t15-,16+/m1/s1. The number of fused-ring (bicyclic) bond motifs is 3. The third-order valence-corrected chi connectivity index (χ3v) is 4.86. The van der Waals surface area contributed by atoms with Gasteiger partial charge in [-0.3, -0.25) is 9.59 Å². The fraction of sp³-hybridized carbons (Fsp3) is 0.350. The molecule has 1 aromatic carbocycles. The van der Waals surface area contributed by atoms with Gasteiger partial charge in [0.1, 0.15) is 41.8 Å². The molecule has 1 aliphatic heterocycles. The second-order valence-electron chi connectivity index (χ2n) is 6.77. The number of aliphatic hydroxyl groups is 2. The summed E-state index contributed by atoms with van der Waals surface area (Å²) in [6.07, 6.45) is -0.546. The average molecular weight is 399 g/mol. The van der Waals surface area contributed by atoms with Crippen LogP contribution in [0.1, 0.15) is 33.7 Å². The van der Waals surface area contributed by atoms with Crippen molar-refractivity contribution in [3.05, 3.63) is 53.3 Å². The Morgan fingerprint density at radius 3 is 2.79 bits per heavy atom. The predicted octanol–water partition coefficient (Wildman–Crippen LogP) is 0.909. The summed E-state index contributed by atoms with van der Waals surface area (Å²) in [7, 11) is 0. The van der Waals surface area contributed by atoms with Crippen molar-refractivity contribution >= 4 is 17.3 Å². The summed E-state index contributed by atoms with van der Waals surface area (Å²) in [4.78, 5) is 29.9. The van der Waals surface area contributed by atoms with E-state index in [-0.39, 0.29) is 41.8 Å². The maximum absolute atomic E-state index is 13.1. The van der Waals surface area contributed by atoms with E-state index in [1.54, 1.807) is 28.8 Å². The van der Waals surface area contributed by atoms with E-state index < -0.39 is 18.8 Å². The summed E-state index contributed by atoms with van der Waals surface area (Å²) >= 11 is 0. The molecule has 1 aromatic heterocycles. The molecule has 0 bridgehead atoms. The number of aliphatic hydroxyl groups excluding tert-OH is 2. The van der Waals surface area contributed by atoms with E-state index in [0.717, 1.165) is 0 Å².